The van der Waals surface area contributed by atoms with E-state index in [0.29, 0.717) is 17.6 Å². The molecule has 0 aliphatic carbocycles. The molecule has 22 heavy (non-hydrogen) atoms. The molecular weight excluding hydrogens is 274 g/mol. The summed E-state index contributed by atoms with van der Waals surface area (Å²) < 4.78 is 5.91. The van der Waals surface area contributed by atoms with Gasteiger partial charge in [0.2, 0.25) is 0 Å². The van der Waals surface area contributed by atoms with Crippen LogP contribution >= 0.6 is 0 Å². The van der Waals surface area contributed by atoms with Crippen molar-refractivity contribution in [2.45, 2.75) is 59.4 Å². The van der Waals surface area contributed by atoms with E-state index in [1.54, 1.807) is 0 Å². The second kappa shape index (κ2) is 9.44. The van der Waals surface area contributed by atoms with Crippen molar-refractivity contribution in [3.8, 4) is 5.75 Å². The van der Waals surface area contributed by atoms with Gasteiger partial charge < -0.3 is 9.64 Å². The minimum Gasteiger partial charge on any atom is -0.491 e. The highest BCUT2D eigenvalue weighted by Gasteiger charge is 2.16. The van der Waals surface area contributed by atoms with Gasteiger partial charge in [0.05, 0.1) is 6.61 Å². The monoisotopic (exact) mass is 306 g/mol. The summed E-state index contributed by atoms with van der Waals surface area (Å²) in [6.45, 7) is 9.62. The van der Waals surface area contributed by atoms with Crippen molar-refractivity contribution in [1.29, 1.82) is 0 Å². The molecule has 0 spiro atoms. The number of nitrogens with zero attached hydrogens (tertiary/aromatic N) is 2. The number of rotatable bonds is 10. The summed E-state index contributed by atoms with van der Waals surface area (Å²) in [5.41, 5.74) is 7.32. The van der Waals surface area contributed by atoms with Crippen molar-refractivity contribution in [3.05, 3.63) is 18.2 Å². The van der Waals surface area contributed by atoms with Gasteiger partial charge in [-0.2, -0.15) is 5.53 Å². The van der Waals surface area contributed by atoms with Crippen LogP contribution < -0.4 is 15.2 Å². The van der Waals surface area contributed by atoms with E-state index in [9.17, 15) is 0 Å². The summed E-state index contributed by atoms with van der Waals surface area (Å²) in [4.78, 5) is 2.27. The predicted molar refractivity (Wildman–Crippen MR) is 92.8 cm³/mol. The largest absolute Gasteiger partial charge is 0.491 e. The SMILES string of the molecule is CCCCCCOc1cc(N(C)C(C)C(C)C)ccc1N=[NH2+]. The van der Waals surface area contributed by atoms with Gasteiger partial charge in [0.1, 0.15) is 0 Å². The van der Waals surface area contributed by atoms with Gasteiger partial charge >= 0.3 is 0 Å². The van der Waals surface area contributed by atoms with Crippen molar-refractivity contribution in [2.24, 2.45) is 11.0 Å². The van der Waals surface area contributed by atoms with Gasteiger partial charge in [-0.3, -0.25) is 0 Å². The van der Waals surface area contributed by atoms with Crippen LogP contribution in [0.5, 0.6) is 5.75 Å². The molecule has 0 radical (unpaired) electrons. The Hall–Kier alpha value is -1.58. The van der Waals surface area contributed by atoms with Gasteiger partial charge in [0.15, 0.2) is 11.4 Å². The fourth-order valence-electron chi connectivity index (χ4n) is 2.34. The Morgan fingerprint density at radius 2 is 1.91 bits per heavy atom. The molecule has 2 N–H and O–H groups in total. The molecule has 1 rings (SSSR count). The van der Waals surface area contributed by atoms with Crippen LogP contribution in [0.1, 0.15) is 53.4 Å². The minimum atomic E-state index is 0.457. The molecule has 1 aromatic carbocycles. The van der Waals surface area contributed by atoms with Crippen LogP contribution in [0, 0.1) is 5.92 Å². The average molecular weight is 306 g/mol. The zero-order valence-electron chi connectivity index (χ0n) is 14.8. The Bertz CT molecular complexity index is 460. The molecule has 1 unspecified atom stereocenters. The fraction of sp³-hybridized carbons (Fsp3) is 0.667. The first-order valence-corrected chi connectivity index (χ1v) is 8.41. The van der Waals surface area contributed by atoms with Crippen LogP contribution in [0.4, 0.5) is 11.4 Å². The van der Waals surface area contributed by atoms with E-state index < -0.39 is 0 Å². The molecule has 0 amide bonds. The third-order valence-electron chi connectivity index (χ3n) is 4.32. The number of nitrogens with two attached hydrogens (primary N) is 1. The van der Waals surface area contributed by atoms with Gasteiger partial charge in [0.25, 0.3) is 0 Å². The number of hydrogen-bond acceptors (Lipinski definition) is 3. The van der Waals surface area contributed by atoms with E-state index >= 15 is 0 Å². The van der Waals surface area contributed by atoms with Crippen molar-refractivity contribution in [2.75, 3.05) is 18.6 Å². The second-order valence-electron chi connectivity index (χ2n) is 6.29. The standard InChI is InChI=1S/C18H31N3O/c1-6-7-8-9-12-22-18-13-16(10-11-17(18)20-19)21(5)15(4)14(2)3/h10-11,13-15,19H,6-9,12H2,1-5H3/p+1. The third-order valence-corrected chi connectivity index (χ3v) is 4.32. The Kier molecular flexibility index (Phi) is 7.92. The van der Waals surface area contributed by atoms with Crippen molar-refractivity contribution in [3.63, 3.8) is 0 Å². The molecule has 0 saturated heterocycles. The minimum absolute atomic E-state index is 0.457. The summed E-state index contributed by atoms with van der Waals surface area (Å²) >= 11 is 0. The Morgan fingerprint density at radius 1 is 1.18 bits per heavy atom. The smallest absolute Gasteiger partial charge is 0.171 e. The van der Waals surface area contributed by atoms with E-state index in [-0.39, 0.29) is 0 Å². The first kappa shape index (κ1) is 18.5. The maximum atomic E-state index is 5.91. The van der Waals surface area contributed by atoms with E-state index in [1.165, 1.54) is 19.3 Å². The molecule has 0 saturated carbocycles. The number of anilines is 1. The molecule has 0 heterocycles. The number of ether oxygens (including phenoxy) is 1. The molecule has 1 atom stereocenters. The molecule has 0 fully saturated rings. The zero-order chi connectivity index (χ0) is 16.5. The van der Waals surface area contributed by atoms with Crippen LogP contribution in [0.2, 0.25) is 0 Å². The van der Waals surface area contributed by atoms with Crippen LogP contribution in [0.3, 0.4) is 0 Å². The highest BCUT2D eigenvalue weighted by Crippen LogP contribution is 2.32. The lowest BCUT2D eigenvalue weighted by molar-refractivity contribution is -0.210. The normalized spacial score (nSPS) is 12.3. The van der Waals surface area contributed by atoms with E-state index in [4.69, 9.17) is 10.3 Å². The topological polar surface area (TPSA) is 50.4 Å². The fourth-order valence-corrected chi connectivity index (χ4v) is 2.34. The van der Waals surface area contributed by atoms with Gasteiger partial charge in [0, 0.05) is 24.8 Å². The van der Waals surface area contributed by atoms with E-state index in [2.05, 4.69) is 50.8 Å². The van der Waals surface area contributed by atoms with E-state index in [0.717, 1.165) is 24.5 Å². The summed E-state index contributed by atoms with van der Waals surface area (Å²) in [5.74, 6) is 1.36. The molecule has 0 aliphatic heterocycles. The van der Waals surface area contributed by atoms with Gasteiger partial charge in [-0.15, -0.1) is 0 Å². The lowest BCUT2D eigenvalue weighted by Gasteiger charge is -2.30. The van der Waals surface area contributed by atoms with Gasteiger partial charge in [-0.1, -0.05) is 40.0 Å². The molecule has 0 aromatic heterocycles. The zero-order valence-corrected chi connectivity index (χ0v) is 14.8. The van der Waals surface area contributed by atoms with E-state index in [1.807, 2.05) is 12.1 Å². The Balaban J connectivity index is 2.77. The van der Waals surface area contributed by atoms with Crippen LogP contribution in [0.25, 0.3) is 0 Å². The second-order valence-corrected chi connectivity index (χ2v) is 6.29. The molecular formula is C18H32N3O+. The van der Waals surface area contributed by atoms with Crippen molar-refractivity contribution in [1.82, 2.24) is 0 Å². The molecule has 0 bridgehead atoms. The lowest BCUT2D eigenvalue weighted by atomic mass is 10.0. The molecule has 0 aliphatic rings. The number of benzene rings is 1. The Labute approximate surface area is 135 Å². The third kappa shape index (κ3) is 5.32. The molecule has 4 nitrogen and oxygen atoms in total. The van der Waals surface area contributed by atoms with Crippen molar-refractivity contribution >= 4 is 11.4 Å². The van der Waals surface area contributed by atoms with Gasteiger partial charge in [-0.25, -0.2) is 0 Å². The summed E-state index contributed by atoms with van der Waals surface area (Å²) in [6.07, 6.45) is 4.76. The molecule has 4 heteroatoms. The number of unbranched alkanes of at least 4 members (excludes halogenated alkanes) is 3. The lowest BCUT2D eigenvalue weighted by Crippen LogP contribution is -2.33. The summed E-state index contributed by atoms with van der Waals surface area (Å²) in [6, 6.07) is 6.48. The highest BCUT2D eigenvalue weighted by molar-refractivity contribution is 5.61. The van der Waals surface area contributed by atoms with Crippen LogP contribution in [-0.2, 0) is 0 Å². The highest BCUT2D eigenvalue weighted by atomic mass is 16.5. The quantitative estimate of drug-likeness (QED) is 0.525. The van der Waals surface area contributed by atoms with Crippen molar-refractivity contribution < 1.29 is 10.3 Å². The maximum absolute atomic E-state index is 5.91. The molecule has 124 valence electrons. The average Bonchev–Trinajstić information content (AvgIpc) is 2.52. The predicted octanol–water partition coefficient (Wildman–Crippen LogP) is 3.97. The van der Waals surface area contributed by atoms with Crippen LogP contribution in [0.15, 0.2) is 23.3 Å². The maximum Gasteiger partial charge on any atom is 0.171 e. The van der Waals surface area contributed by atoms with Gasteiger partial charge in [-0.05, 0) is 36.5 Å². The Morgan fingerprint density at radius 3 is 2.50 bits per heavy atom. The summed E-state index contributed by atoms with van der Waals surface area (Å²) in [7, 11) is 2.12. The molecule has 1 aromatic rings. The first-order valence-electron chi connectivity index (χ1n) is 8.41. The first-order chi connectivity index (χ1) is 10.5. The number of hydrogen-bond donors (Lipinski definition) is 1. The van der Waals surface area contributed by atoms with Crippen LogP contribution in [-0.4, -0.2) is 19.7 Å². The summed E-state index contributed by atoms with van der Waals surface area (Å²) in [5, 5.41) is 3.82.